The molecule has 0 heterocycles. The standard InChI is InChI=1S/C14H18N2O3/c1-2-11(12(17)18)16-13(19)14(7-8-14)9-3-5-10(15)6-4-9/h3-6,11H,2,7-8,15H2,1H3,(H,16,19)(H,17,18)/t11-/m0/s1. The van der Waals surface area contributed by atoms with Crippen molar-refractivity contribution in [3.63, 3.8) is 0 Å². The van der Waals surface area contributed by atoms with E-state index in [2.05, 4.69) is 5.32 Å². The zero-order valence-electron chi connectivity index (χ0n) is 10.8. The molecule has 1 aromatic carbocycles. The normalized spacial score (nSPS) is 17.5. The van der Waals surface area contributed by atoms with Crippen LogP contribution in [-0.2, 0) is 15.0 Å². The summed E-state index contributed by atoms with van der Waals surface area (Å²) in [7, 11) is 0. The van der Waals surface area contributed by atoms with Gasteiger partial charge >= 0.3 is 5.97 Å². The van der Waals surface area contributed by atoms with Crippen LogP contribution in [-0.4, -0.2) is 23.0 Å². The van der Waals surface area contributed by atoms with Crippen LogP contribution in [0.25, 0.3) is 0 Å². The first kappa shape index (κ1) is 13.4. The summed E-state index contributed by atoms with van der Waals surface area (Å²) in [5.74, 6) is -1.20. The third kappa shape index (κ3) is 2.54. The Morgan fingerprint density at radius 2 is 1.95 bits per heavy atom. The Labute approximate surface area is 111 Å². The van der Waals surface area contributed by atoms with Gasteiger partial charge in [-0.25, -0.2) is 4.79 Å². The number of nitrogens with two attached hydrogens (primary N) is 1. The first-order valence-electron chi connectivity index (χ1n) is 6.39. The predicted octanol–water partition coefficient (Wildman–Crippen LogP) is 1.28. The summed E-state index contributed by atoms with van der Waals surface area (Å²) >= 11 is 0. The minimum Gasteiger partial charge on any atom is -0.480 e. The van der Waals surface area contributed by atoms with E-state index in [0.717, 1.165) is 18.4 Å². The van der Waals surface area contributed by atoms with Crippen LogP contribution < -0.4 is 11.1 Å². The summed E-state index contributed by atoms with van der Waals surface area (Å²) < 4.78 is 0. The van der Waals surface area contributed by atoms with Crippen molar-refractivity contribution in [3.8, 4) is 0 Å². The van der Waals surface area contributed by atoms with E-state index in [9.17, 15) is 9.59 Å². The Balaban J connectivity index is 2.14. The van der Waals surface area contributed by atoms with Crippen LogP contribution in [0, 0.1) is 0 Å². The van der Waals surface area contributed by atoms with Gasteiger partial charge in [0.2, 0.25) is 5.91 Å². The van der Waals surface area contributed by atoms with Crippen LogP contribution in [0.4, 0.5) is 5.69 Å². The van der Waals surface area contributed by atoms with Crippen molar-refractivity contribution in [2.75, 3.05) is 5.73 Å². The van der Waals surface area contributed by atoms with E-state index >= 15 is 0 Å². The van der Waals surface area contributed by atoms with E-state index in [1.54, 1.807) is 19.1 Å². The average Bonchev–Trinajstić information content (AvgIpc) is 3.17. The lowest BCUT2D eigenvalue weighted by molar-refractivity contribution is -0.142. The number of amides is 1. The quantitative estimate of drug-likeness (QED) is 0.697. The lowest BCUT2D eigenvalue weighted by Crippen LogP contribution is -2.45. The molecule has 19 heavy (non-hydrogen) atoms. The number of benzene rings is 1. The van der Waals surface area contributed by atoms with Gasteiger partial charge in [-0.2, -0.15) is 0 Å². The van der Waals surface area contributed by atoms with E-state index in [1.165, 1.54) is 0 Å². The summed E-state index contributed by atoms with van der Waals surface area (Å²) in [6, 6.07) is 6.38. The third-order valence-corrected chi connectivity index (χ3v) is 3.66. The predicted molar refractivity (Wildman–Crippen MR) is 71.6 cm³/mol. The Hall–Kier alpha value is -2.04. The van der Waals surface area contributed by atoms with Gasteiger partial charge in [0.1, 0.15) is 6.04 Å². The molecule has 102 valence electrons. The highest BCUT2D eigenvalue weighted by Crippen LogP contribution is 2.48. The van der Waals surface area contributed by atoms with Crippen LogP contribution in [0.1, 0.15) is 31.7 Å². The minimum absolute atomic E-state index is 0.202. The zero-order valence-corrected chi connectivity index (χ0v) is 10.8. The van der Waals surface area contributed by atoms with Crippen molar-refractivity contribution in [3.05, 3.63) is 29.8 Å². The van der Waals surface area contributed by atoms with Crippen molar-refractivity contribution in [2.24, 2.45) is 0 Å². The minimum atomic E-state index is -0.996. The second kappa shape index (κ2) is 4.91. The molecule has 5 nitrogen and oxygen atoms in total. The molecule has 1 atom stereocenters. The van der Waals surface area contributed by atoms with Crippen molar-refractivity contribution < 1.29 is 14.7 Å². The monoisotopic (exact) mass is 262 g/mol. The fraction of sp³-hybridized carbons (Fsp3) is 0.429. The van der Waals surface area contributed by atoms with Crippen LogP contribution >= 0.6 is 0 Å². The zero-order chi connectivity index (χ0) is 14.0. The number of carboxylic acids is 1. The molecule has 1 aliphatic carbocycles. The Kier molecular flexibility index (Phi) is 3.46. The number of hydrogen-bond donors (Lipinski definition) is 3. The lowest BCUT2D eigenvalue weighted by Gasteiger charge is -2.19. The molecule has 1 aliphatic rings. The molecular formula is C14H18N2O3. The molecular weight excluding hydrogens is 244 g/mol. The largest absolute Gasteiger partial charge is 0.480 e. The highest BCUT2D eigenvalue weighted by molar-refractivity contribution is 5.94. The van der Waals surface area contributed by atoms with Gasteiger partial charge in [0.15, 0.2) is 0 Å². The third-order valence-electron chi connectivity index (χ3n) is 3.66. The summed E-state index contributed by atoms with van der Waals surface area (Å²) in [5.41, 5.74) is 6.62. The van der Waals surface area contributed by atoms with Gasteiger partial charge in [0, 0.05) is 5.69 Å². The summed E-state index contributed by atoms with van der Waals surface area (Å²) in [6.07, 6.45) is 1.87. The van der Waals surface area contributed by atoms with Crippen molar-refractivity contribution in [1.82, 2.24) is 5.32 Å². The molecule has 2 rings (SSSR count). The van der Waals surface area contributed by atoms with E-state index in [4.69, 9.17) is 10.8 Å². The SMILES string of the molecule is CC[C@H](NC(=O)C1(c2ccc(N)cc2)CC1)C(=O)O. The maximum Gasteiger partial charge on any atom is 0.326 e. The highest BCUT2D eigenvalue weighted by Gasteiger charge is 2.51. The van der Waals surface area contributed by atoms with Crippen molar-refractivity contribution in [2.45, 2.75) is 37.6 Å². The maximum atomic E-state index is 12.3. The number of carboxylic acid groups (broad SMARTS) is 1. The molecule has 5 heteroatoms. The molecule has 0 saturated heterocycles. The molecule has 4 N–H and O–H groups in total. The van der Waals surface area contributed by atoms with Gasteiger partial charge in [0.05, 0.1) is 5.41 Å². The van der Waals surface area contributed by atoms with Crippen LogP contribution in [0.3, 0.4) is 0 Å². The molecule has 1 aromatic rings. The molecule has 1 amide bonds. The molecule has 0 spiro atoms. The van der Waals surface area contributed by atoms with Crippen LogP contribution in [0.5, 0.6) is 0 Å². The number of rotatable bonds is 5. The summed E-state index contributed by atoms with van der Waals surface area (Å²) in [6.45, 7) is 1.74. The topological polar surface area (TPSA) is 92.4 Å². The molecule has 0 aromatic heterocycles. The number of aliphatic carboxylic acids is 1. The van der Waals surface area contributed by atoms with Gasteiger partial charge in [-0.05, 0) is 37.0 Å². The van der Waals surface area contributed by atoms with Crippen LogP contribution in [0.2, 0.25) is 0 Å². The summed E-state index contributed by atoms with van der Waals surface area (Å²) in [5, 5.41) is 11.6. The Bertz CT molecular complexity index is 492. The van der Waals surface area contributed by atoms with Gasteiger partial charge in [-0.1, -0.05) is 19.1 Å². The van der Waals surface area contributed by atoms with E-state index < -0.39 is 17.4 Å². The fourth-order valence-electron chi connectivity index (χ4n) is 2.21. The number of carbonyl (C=O) groups is 2. The number of hydrogen-bond acceptors (Lipinski definition) is 3. The average molecular weight is 262 g/mol. The Morgan fingerprint density at radius 1 is 1.37 bits per heavy atom. The number of carbonyl (C=O) groups excluding carboxylic acids is 1. The van der Waals surface area contributed by atoms with Crippen molar-refractivity contribution in [1.29, 1.82) is 0 Å². The number of nitrogens with one attached hydrogen (secondary N) is 1. The smallest absolute Gasteiger partial charge is 0.326 e. The molecule has 0 bridgehead atoms. The Morgan fingerprint density at radius 3 is 2.37 bits per heavy atom. The number of nitrogen functional groups attached to an aromatic ring is 1. The maximum absolute atomic E-state index is 12.3. The molecule has 0 aliphatic heterocycles. The summed E-state index contributed by atoms with van der Waals surface area (Å²) in [4.78, 5) is 23.2. The second-order valence-corrected chi connectivity index (χ2v) is 4.98. The van der Waals surface area contributed by atoms with Crippen molar-refractivity contribution >= 4 is 17.6 Å². The van der Waals surface area contributed by atoms with Gasteiger partial charge in [-0.15, -0.1) is 0 Å². The number of anilines is 1. The van der Waals surface area contributed by atoms with E-state index in [0.29, 0.717) is 12.1 Å². The van der Waals surface area contributed by atoms with Gasteiger partial charge in [-0.3, -0.25) is 4.79 Å². The van der Waals surface area contributed by atoms with Gasteiger partial charge in [0.25, 0.3) is 0 Å². The van der Waals surface area contributed by atoms with Crippen LogP contribution in [0.15, 0.2) is 24.3 Å². The molecule has 0 unspecified atom stereocenters. The molecule has 1 saturated carbocycles. The highest BCUT2D eigenvalue weighted by atomic mass is 16.4. The first-order chi connectivity index (χ1) is 8.99. The molecule has 1 fully saturated rings. The van der Waals surface area contributed by atoms with E-state index in [-0.39, 0.29) is 5.91 Å². The fourth-order valence-corrected chi connectivity index (χ4v) is 2.21. The lowest BCUT2D eigenvalue weighted by atomic mass is 9.94. The first-order valence-corrected chi connectivity index (χ1v) is 6.39. The molecule has 0 radical (unpaired) electrons. The van der Waals surface area contributed by atoms with Gasteiger partial charge < -0.3 is 16.2 Å². The second-order valence-electron chi connectivity index (χ2n) is 4.98. The van der Waals surface area contributed by atoms with E-state index in [1.807, 2.05) is 12.1 Å².